The van der Waals surface area contributed by atoms with Gasteiger partial charge in [0.25, 0.3) is 5.91 Å². The second-order valence-electron chi connectivity index (χ2n) is 5.94. The first-order valence-electron chi connectivity index (χ1n) is 7.03. The van der Waals surface area contributed by atoms with E-state index < -0.39 is 5.60 Å². The lowest BCUT2D eigenvalue weighted by Crippen LogP contribution is -2.46. The summed E-state index contributed by atoms with van der Waals surface area (Å²) in [5.74, 6) is -0.0620. The van der Waals surface area contributed by atoms with Crippen molar-refractivity contribution in [3.05, 3.63) is 36.0 Å². The van der Waals surface area contributed by atoms with Crippen LogP contribution in [-0.4, -0.2) is 33.5 Å². The zero-order valence-electron chi connectivity index (χ0n) is 11.9. The van der Waals surface area contributed by atoms with Gasteiger partial charge in [0.05, 0.1) is 0 Å². The van der Waals surface area contributed by atoms with Crippen molar-refractivity contribution in [2.24, 2.45) is 5.92 Å². The minimum Gasteiger partial charge on any atom is -0.380 e. The number of hydrogen-bond donors (Lipinski definition) is 2. The number of fused-ring (bicyclic) bond motifs is 1. The largest absolute Gasteiger partial charge is 0.380 e. The van der Waals surface area contributed by atoms with Gasteiger partial charge in [-0.2, -0.15) is 0 Å². The Bertz CT molecular complexity index is 641. The van der Waals surface area contributed by atoms with Crippen LogP contribution < -0.4 is 0 Å². The summed E-state index contributed by atoms with van der Waals surface area (Å²) in [6, 6.07) is 8.03. The number of H-pyrrole nitrogens is 1. The monoisotopic (exact) mass is 272 g/mol. The number of hydrogen-bond acceptors (Lipinski definition) is 2. The molecule has 1 aromatic carbocycles. The molecule has 0 saturated heterocycles. The van der Waals surface area contributed by atoms with E-state index in [1.165, 1.54) is 0 Å². The SMILES string of the molecule is CN(Cc1cccc2[nH]ccc12)C(=O)C(C)(O)C1CC1. The molecular formula is C16H20N2O2. The van der Waals surface area contributed by atoms with Gasteiger partial charge in [-0.25, -0.2) is 0 Å². The van der Waals surface area contributed by atoms with Crippen molar-refractivity contribution in [2.45, 2.75) is 31.9 Å². The lowest BCUT2D eigenvalue weighted by Gasteiger charge is -2.28. The zero-order chi connectivity index (χ0) is 14.3. The van der Waals surface area contributed by atoms with Gasteiger partial charge in [-0.05, 0) is 43.4 Å². The van der Waals surface area contributed by atoms with E-state index in [1.54, 1.807) is 18.9 Å². The van der Waals surface area contributed by atoms with Crippen LogP contribution >= 0.6 is 0 Å². The molecule has 1 aromatic heterocycles. The van der Waals surface area contributed by atoms with E-state index in [0.717, 1.165) is 29.3 Å². The fraction of sp³-hybridized carbons (Fsp3) is 0.438. The summed E-state index contributed by atoms with van der Waals surface area (Å²) in [5, 5.41) is 11.5. The smallest absolute Gasteiger partial charge is 0.254 e. The van der Waals surface area contributed by atoms with Gasteiger partial charge in [0, 0.05) is 30.7 Å². The van der Waals surface area contributed by atoms with Crippen LogP contribution in [0.3, 0.4) is 0 Å². The van der Waals surface area contributed by atoms with Crippen LogP contribution in [0.1, 0.15) is 25.3 Å². The number of likely N-dealkylation sites (N-methyl/N-ethyl adjacent to an activating group) is 1. The standard InChI is InChI=1S/C16H20N2O2/c1-16(20,12-6-7-12)15(19)18(2)10-11-4-3-5-14-13(11)8-9-17-14/h3-5,8-9,12,17,20H,6-7,10H2,1-2H3. The number of nitrogens with one attached hydrogen (secondary N) is 1. The maximum absolute atomic E-state index is 12.4. The molecule has 1 aliphatic carbocycles. The number of carbonyl (C=O) groups is 1. The molecule has 1 saturated carbocycles. The van der Waals surface area contributed by atoms with Gasteiger partial charge in [-0.1, -0.05) is 12.1 Å². The fourth-order valence-corrected chi connectivity index (χ4v) is 2.82. The highest BCUT2D eigenvalue weighted by Crippen LogP contribution is 2.40. The van der Waals surface area contributed by atoms with Crippen LogP contribution in [0, 0.1) is 5.92 Å². The molecule has 1 unspecified atom stereocenters. The normalized spacial score (nSPS) is 17.9. The molecule has 1 aliphatic rings. The molecule has 20 heavy (non-hydrogen) atoms. The molecule has 1 heterocycles. The molecule has 2 N–H and O–H groups in total. The Kier molecular flexibility index (Phi) is 3.05. The van der Waals surface area contributed by atoms with Crippen LogP contribution in [0.5, 0.6) is 0 Å². The summed E-state index contributed by atoms with van der Waals surface area (Å²) in [4.78, 5) is 17.2. The third-order valence-electron chi connectivity index (χ3n) is 4.24. The van der Waals surface area contributed by atoms with Gasteiger partial charge in [-0.15, -0.1) is 0 Å². The molecule has 1 atom stereocenters. The van der Waals surface area contributed by atoms with Gasteiger partial charge < -0.3 is 15.0 Å². The Morgan fingerprint density at radius 1 is 1.45 bits per heavy atom. The number of rotatable bonds is 4. The van der Waals surface area contributed by atoms with E-state index in [4.69, 9.17) is 0 Å². The molecule has 3 rings (SSSR count). The summed E-state index contributed by atoms with van der Waals surface area (Å²) in [5.41, 5.74) is 0.935. The fourth-order valence-electron chi connectivity index (χ4n) is 2.82. The number of nitrogens with zero attached hydrogens (tertiary/aromatic N) is 1. The van der Waals surface area contributed by atoms with Gasteiger partial charge in [0.15, 0.2) is 0 Å². The van der Waals surface area contributed by atoms with Crippen molar-refractivity contribution >= 4 is 16.8 Å². The van der Waals surface area contributed by atoms with Crippen LogP contribution in [0.15, 0.2) is 30.5 Å². The topological polar surface area (TPSA) is 56.3 Å². The first-order valence-corrected chi connectivity index (χ1v) is 7.03. The van der Waals surface area contributed by atoms with Crippen molar-refractivity contribution in [1.29, 1.82) is 0 Å². The quantitative estimate of drug-likeness (QED) is 0.897. The van der Waals surface area contributed by atoms with Crippen molar-refractivity contribution < 1.29 is 9.90 Å². The molecule has 4 heteroatoms. The summed E-state index contributed by atoms with van der Waals surface area (Å²) >= 11 is 0. The van der Waals surface area contributed by atoms with Crippen LogP contribution in [0.2, 0.25) is 0 Å². The summed E-state index contributed by atoms with van der Waals surface area (Å²) in [7, 11) is 1.75. The van der Waals surface area contributed by atoms with E-state index >= 15 is 0 Å². The van der Waals surface area contributed by atoms with Crippen molar-refractivity contribution in [3.8, 4) is 0 Å². The van der Waals surface area contributed by atoms with E-state index in [9.17, 15) is 9.90 Å². The number of benzene rings is 1. The number of carbonyl (C=O) groups excluding carboxylic acids is 1. The lowest BCUT2D eigenvalue weighted by molar-refractivity contribution is -0.150. The van der Waals surface area contributed by atoms with E-state index in [2.05, 4.69) is 4.98 Å². The predicted octanol–water partition coefficient (Wildman–Crippen LogP) is 2.29. The van der Waals surface area contributed by atoms with E-state index in [-0.39, 0.29) is 11.8 Å². The molecule has 0 radical (unpaired) electrons. The van der Waals surface area contributed by atoms with Crippen molar-refractivity contribution in [1.82, 2.24) is 9.88 Å². The molecule has 0 bridgehead atoms. The number of aromatic amines is 1. The molecule has 0 aliphatic heterocycles. The second kappa shape index (κ2) is 4.63. The third kappa shape index (κ3) is 2.20. The summed E-state index contributed by atoms with van der Waals surface area (Å²) in [6.45, 7) is 2.15. The highest BCUT2D eigenvalue weighted by molar-refractivity contribution is 5.86. The van der Waals surface area contributed by atoms with Crippen LogP contribution in [0.4, 0.5) is 0 Å². The number of aromatic nitrogens is 1. The Morgan fingerprint density at radius 3 is 2.90 bits per heavy atom. The summed E-state index contributed by atoms with van der Waals surface area (Å²) < 4.78 is 0. The number of aliphatic hydroxyl groups is 1. The molecular weight excluding hydrogens is 252 g/mol. The van der Waals surface area contributed by atoms with Gasteiger partial charge in [0.1, 0.15) is 5.60 Å². The lowest BCUT2D eigenvalue weighted by atomic mass is 9.98. The van der Waals surface area contributed by atoms with Crippen molar-refractivity contribution in [2.75, 3.05) is 7.05 Å². The minimum absolute atomic E-state index is 0.125. The Labute approximate surface area is 118 Å². The highest BCUT2D eigenvalue weighted by atomic mass is 16.3. The minimum atomic E-state index is -1.22. The second-order valence-corrected chi connectivity index (χ2v) is 5.94. The molecule has 1 amide bonds. The maximum Gasteiger partial charge on any atom is 0.254 e. The zero-order valence-corrected chi connectivity index (χ0v) is 11.9. The molecule has 4 nitrogen and oxygen atoms in total. The first-order chi connectivity index (χ1) is 9.50. The third-order valence-corrected chi connectivity index (χ3v) is 4.24. The number of amides is 1. The predicted molar refractivity (Wildman–Crippen MR) is 78.1 cm³/mol. The first kappa shape index (κ1) is 13.2. The molecule has 1 fully saturated rings. The van der Waals surface area contributed by atoms with E-state index in [1.807, 2.05) is 30.5 Å². The van der Waals surface area contributed by atoms with Crippen LogP contribution in [-0.2, 0) is 11.3 Å². The average molecular weight is 272 g/mol. The average Bonchev–Trinajstić information content (AvgIpc) is 3.17. The van der Waals surface area contributed by atoms with Crippen LogP contribution in [0.25, 0.3) is 10.9 Å². The van der Waals surface area contributed by atoms with E-state index in [0.29, 0.717) is 6.54 Å². The Morgan fingerprint density at radius 2 is 2.20 bits per heavy atom. The highest BCUT2D eigenvalue weighted by Gasteiger charge is 2.46. The molecule has 0 spiro atoms. The molecule has 2 aromatic rings. The van der Waals surface area contributed by atoms with Gasteiger partial charge in [0.2, 0.25) is 0 Å². The Balaban J connectivity index is 1.80. The Hall–Kier alpha value is -1.81. The van der Waals surface area contributed by atoms with Crippen molar-refractivity contribution in [3.63, 3.8) is 0 Å². The summed E-state index contributed by atoms with van der Waals surface area (Å²) in [6.07, 6.45) is 3.79. The van der Waals surface area contributed by atoms with Gasteiger partial charge in [-0.3, -0.25) is 4.79 Å². The molecule has 106 valence electrons. The maximum atomic E-state index is 12.4. The van der Waals surface area contributed by atoms with Gasteiger partial charge >= 0.3 is 0 Å².